The number of rotatable bonds is 4. The summed E-state index contributed by atoms with van der Waals surface area (Å²) in [6.07, 6.45) is 1.81. The lowest BCUT2D eigenvalue weighted by molar-refractivity contribution is -0.113. The van der Waals surface area contributed by atoms with E-state index in [-0.39, 0.29) is 5.91 Å². The number of ether oxygens (including phenoxy) is 1. The highest BCUT2D eigenvalue weighted by molar-refractivity contribution is 8.27. The summed E-state index contributed by atoms with van der Waals surface area (Å²) in [6.45, 7) is 2.53. The van der Waals surface area contributed by atoms with Crippen LogP contribution < -0.4 is 9.64 Å². The van der Waals surface area contributed by atoms with E-state index in [1.54, 1.807) is 12.1 Å². The van der Waals surface area contributed by atoms with Crippen molar-refractivity contribution in [1.82, 2.24) is 0 Å². The van der Waals surface area contributed by atoms with Gasteiger partial charge in [0.2, 0.25) is 0 Å². The molecule has 24 heavy (non-hydrogen) atoms. The van der Waals surface area contributed by atoms with Crippen LogP contribution >= 0.6 is 35.6 Å². The van der Waals surface area contributed by atoms with Crippen molar-refractivity contribution in [3.63, 3.8) is 0 Å². The molecule has 1 aliphatic heterocycles. The first-order valence-corrected chi connectivity index (χ1v) is 8.95. The van der Waals surface area contributed by atoms with Crippen LogP contribution in [-0.4, -0.2) is 16.8 Å². The van der Waals surface area contributed by atoms with E-state index in [1.165, 1.54) is 16.7 Å². The maximum absolute atomic E-state index is 12.7. The molecule has 0 aromatic heterocycles. The van der Waals surface area contributed by atoms with E-state index >= 15 is 0 Å². The van der Waals surface area contributed by atoms with Crippen molar-refractivity contribution in [2.45, 2.75) is 6.92 Å². The second-order valence-corrected chi connectivity index (χ2v) is 7.11. The highest BCUT2D eigenvalue weighted by Crippen LogP contribution is 2.36. The second kappa shape index (κ2) is 7.38. The Balaban J connectivity index is 1.86. The van der Waals surface area contributed by atoms with E-state index in [0.717, 1.165) is 17.0 Å². The molecule has 0 bridgehead atoms. The monoisotopic (exact) mass is 375 g/mol. The molecule has 0 radical (unpaired) electrons. The van der Waals surface area contributed by atoms with E-state index in [1.807, 2.05) is 49.4 Å². The van der Waals surface area contributed by atoms with Gasteiger partial charge in [-0.05, 0) is 55.0 Å². The largest absolute Gasteiger partial charge is 0.494 e. The number of halogens is 1. The number of benzene rings is 2. The number of anilines is 1. The zero-order valence-electron chi connectivity index (χ0n) is 12.9. The molecule has 1 fully saturated rings. The minimum Gasteiger partial charge on any atom is -0.494 e. The minimum atomic E-state index is -0.130. The maximum atomic E-state index is 12.7. The van der Waals surface area contributed by atoms with Crippen LogP contribution in [0.5, 0.6) is 5.75 Å². The Hall–Kier alpha value is -1.82. The fourth-order valence-corrected chi connectivity index (χ4v) is 3.79. The lowest BCUT2D eigenvalue weighted by atomic mass is 10.2. The number of nitrogens with zero attached hydrogens (tertiary/aromatic N) is 1. The highest BCUT2D eigenvalue weighted by atomic mass is 35.5. The summed E-state index contributed by atoms with van der Waals surface area (Å²) in [6, 6.07) is 14.7. The zero-order valence-corrected chi connectivity index (χ0v) is 15.3. The average molecular weight is 376 g/mol. The molecule has 122 valence electrons. The van der Waals surface area contributed by atoms with Crippen molar-refractivity contribution in [3.05, 3.63) is 64.0 Å². The zero-order chi connectivity index (χ0) is 17.1. The van der Waals surface area contributed by atoms with E-state index in [9.17, 15) is 4.79 Å². The molecule has 3 nitrogen and oxygen atoms in total. The van der Waals surface area contributed by atoms with Gasteiger partial charge in [0.1, 0.15) is 5.75 Å². The van der Waals surface area contributed by atoms with Gasteiger partial charge in [-0.25, -0.2) is 0 Å². The Bertz CT molecular complexity index is 818. The summed E-state index contributed by atoms with van der Waals surface area (Å²) in [4.78, 5) is 14.8. The number of hydrogen-bond acceptors (Lipinski definition) is 4. The first-order valence-electron chi connectivity index (χ1n) is 7.35. The molecule has 0 aliphatic carbocycles. The molecule has 0 saturated carbocycles. The SMILES string of the molecule is CCOc1ccc(N2C(=O)/C(=C/c3cccc(Cl)c3)SC2=S)cc1. The maximum Gasteiger partial charge on any atom is 0.270 e. The Morgan fingerprint density at radius 2 is 2.00 bits per heavy atom. The lowest BCUT2D eigenvalue weighted by Gasteiger charge is -2.15. The molecule has 2 aromatic rings. The topological polar surface area (TPSA) is 29.5 Å². The van der Waals surface area contributed by atoms with Crippen LogP contribution in [0.15, 0.2) is 53.4 Å². The molecular weight excluding hydrogens is 362 g/mol. The van der Waals surface area contributed by atoms with Gasteiger partial charge in [0.15, 0.2) is 4.32 Å². The van der Waals surface area contributed by atoms with Gasteiger partial charge in [-0.1, -0.05) is 47.7 Å². The fourth-order valence-electron chi connectivity index (χ4n) is 2.30. The quantitative estimate of drug-likeness (QED) is 0.546. The molecule has 6 heteroatoms. The van der Waals surface area contributed by atoms with Crippen LogP contribution in [0.4, 0.5) is 5.69 Å². The van der Waals surface area contributed by atoms with E-state index in [4.69, 9.17) is 28.6 Å². The first-order chi connectivity index (χ1) is 11.6. The molecule has 0 spiro atoms. The van der Waals surface area contributed by atoms with Gasteiger partial charge >= 0.3 is 0 Å². The van der Waals surface area contributed by atoms with Crippen LogP contribution in [-0.2, 0) is 4.79 Å². The van der Waals surface area contributed by atoms with Crippen molar-refractivity contribution < 1.29 is 9.53 Å². The standard InChI is InChI=1S/C18H14ClNO2S2/c1-2-22-15-8-6-14(7-9-15)20-17(21)16(24-18(20)23)11-12-4-3-5-13(19)10-12/h3-11H,2H2,1H3/b16-11-. The summed E-state index contributed by atoms with van der Waals surface area (Å²) < 4.78 is 5.93. The molecule has 3 rings (SSSR count). The minimum absolute atomic E-state index is 0.130. The summed E-state index contributed by atoms with van der Waals surface area (Å²) in [5, 5.41) is 0.630. The molecule has 1 saturated heterocycles. The van der Waals surface area contributed by atoms with Gasteiger partial charge in [-0.15, -0.1) is 0 Å². The van der Waals surface area contributed by atoms with Gasteiger partial charge in [0.05, 0.1) is 17.2 Å². The predicted molar refractivity (Wildman–Crippen MR) is 105 cm³/mol. The summed E-state index contributed by atoms with van der Waals surface area (Å²) in [5.41, 5.74) is 1.60. The number of carbonyl (C=O) groups is 1. The Morgan fingerprint density at radius 3 is 2.67 bits per heavy atom. The summed E-state index contributed by atoms with van der Waals surface area (Å²) in [5.74, 6) is 0.635. The van der Waals surface area contributed by atoms with Crippen LogP contribution in [0.1, 0.15) is 12.5 Å². The van der Waals surface area contributed by atoms with Gasteiger partial charge in [-0.3, -0.25) is 9.69 Å². The van der Waals surface area contributed by atoms with Crippen molar-refractivity contribution in [3.8, 4) is 5.75 Å². The molecule has 2 aromatic carbocycles. The Labute approximate surface area is 155 Å². The number of carbonyl (C=O) groups excluding carboxylic acids is 1. The molecule has 0 N–H and O–H groups in total. The highest BCUT2D eigenvalue weighted by Gasteiger charge is 2.33. The second-order valence-electron chi connectivity index (χ2n) is 5.00. The van der Waals surface area contributed by atoms with Crippen molar-refractivity contribution in [2.24, 2.45) is 0 Å². The van der Waals surface area contributed by atoms with Gasteiger partial charge < -0.3 is 4.74 Å². The van der Waals surface area contributed by atoms with E-state index < -0.39 is 0 Å². The van der Waals surface area contributed by atoms with Crippen LogP contribution in [0.25, 0.3) is 6.08 Å². The normalized spacial score (nSPS) is 16.1. The van der Waals surface area contributed by atoms with Crippen molar-refractivity contribution in [2.75, 3.05) is 11.5 Å². The van der Waals surface area contributed by atoms with Gasteiger partial charge in [-0.2, -0.15) is 0 Å². The average Bonchev–Trinajstić information content (AvgIpc) is 2.83. The van der Waals surface area contributed by atoms with E-state index in [2.05, 4.69) is 0 Å². The predicted octanol–water partition coefficient (Wildman–Crippen LogP) is 5.14. The lowest BCUT2D eigenvalue weighted by Crippen LogP contribution is -2.27. The third kappa shape index (κ3) is 3.64. The number of thioether (sulfide) groups is 1. The first kappa shape index (κ1) is 17.0. The van der Waals surface area contributed by atoms with Gasteiger partial charge in [0.25, 0.3) is 5.91 Å². The Morgan fingerprint density at radius 1 is 1.25 bits per heavy atom. The van der Waals surface area contributed by atoms with Crippen molar-refractivity contribution in [1.29, 1.82) is 0 Å². The van der Waals surface area contributed by atoms with Gasteiger partial charge in [0, 0.05) is 5.02 Å². The molecule has 1 heterocycles. The molecule has 0 atom stereocenters. The smallest absolute Gasteiger partial charge is 0.270 e. The van der Waals surface area contributed by atoms with Crippen LogP contribution in [0.2, 0.25) is 5.02 Å². The number of hydrogen-bond donors (Lipinski definition) is 0. The van der Waals surface area contributed by atoms with E-state index in [0.29, 0.717) is 20.9 Å². The molecule has 0 unspecified atom stereocenters. The summed E-state index contributed by atoms with van der Waals surface area (Å²) in [7, 11) is 0. The number of amides is 1. The fraction of sp³-hybridized carbons (Fsp3) is 0.111. The Kier molecular flexibility index (Phi) is 5.23. The van der Waals surface area contributed by atoms with Crippen LogP contribution in [0, 0.1) is 0 Å². The number of thiocarbonyl (C=S) groups is 1. The summed E-state index contributed by atoms with van der Waals surface area (Å²) >= 11 is 12.7. The molecule has 1 amide bonds. The van der Waals surface area contributed by atoms with Crippen molar-refractivity contribution >= 4 is 57.6 Å². The van der Waals surface area contributed by atoms with Crippen LogP contribution in [0.3, 0.4) is 0 Å². The molecule has 1 aliphatic rings. The third-order valence-electron chi connectivity index (χ3n) is 3.35. The molecular formula is C18H14ClNO2S2. The third-order valence-corrected chi connectivity index (χ3v) is 4.88.